The topological polar surface area (TPSA) is 105 Å². The van der Waals surface area contributed by atoms with Crippen molar-refractivity contribution in [3.05, 3.63) is 89.4 Å². The van der Waals surface area contributed by atoms with Crippen LogP contribution < -0.4 is 5.32 Å². The van der Waals surface area contributed by atoms with E-state index < -0.39 is 5.97 Å². The summed E-state index contributed by atoms with van der Waals surface area (Å²) in [5, 5.41) is 12.1. The van der Waals surface area contributed by atoms with Gasteiger partial charge in [-0.05, 0) is 68.4 Å². The standard InChI is InChI=1S/C29H28N4O3/c34-26(35)14-5-4-12-24-28(20-8-2-1-3-9-20)32-22-16-15-21(18-25(22)31-24)29(36)33-23-13-6-10-19-11-7-17-30-27(19)23/h1-3,7-9,11,15-18,23H,4-6,10,12-14H2,(H,33,36)(H,34,35). The highest BCUT2D eigenvalue weighted by molar-refractivity contribution is 5.97. The van der Waals surface area contributed by atoms with E-state index in [2.05, 4.69) is 16.4 Å². The summed E-state index contributed by atoms with van der Waals surface area (Å²) in [6, 6.07) is 19.2. The number of benzene rings is 2. The Kier molecular flexibility index (Phi) is 6.98. The lowest BCUT2D eigenvalue weighted by Crippen LogP contribution is -2.31. The number of hydrogen-bond donors (Lipinski definition) is 2. The van der Waals surface area contributed by atoms with Gasteiger partial charge in [-0.15, -0.1) is 0 Å². The number of fused-ring (bicyclic) bond motifs is 2. The number of rotatable bonds is 8. The van der Waals surface area contributed by atoms with Crippen molar-refractivity contribution in [2.24, 2.45) is 0 Å². The molecule has 2 heterocycles. The summed E-state index contributed by atoms with van der Waals surface area (Å²) in [7, 11) is 0. The first-order valence-corrected chi connectivity index (χ1v) is 12.4. The molecule has 2 aromatic carbocycles. The Morgan fingerprint density at radius 1 is 0.972 bits per heavy atom. The molecule has 7 heteroatoms. The van der Waals surface area contributed by atoms with E-state index in [1.54, 1.807) is 18.3 Å². The highest BCUT2D eigenvalue weighted by Gasteiger charge is 2.23. The zero-order valence-electron chi connectivity index (χ0n) is 20.0. The molecule has 36 heavy (non-hydrogen) atoms. The molecule has 2 N–H and O–H groups in total. The molecule has 1 amide bonds. The number of carboxylic acids is 1. The van der Waals surface area contributed by atoms with Crippen LogP contribution >= 0.6 is 0 Å². The number of carboxylic acid groups (broad SMARTS) is 1. The van der Waals surface area contributed by atoms with E-state index in [0.29, 0.717) is 35.9 Å². The molecule has 1 aliphatic rings. The van der Waals surface area contributed by atoms with Gasteiger partial charge in [0.05, 0.1) is 34.2 Å². The van der Waals surface area contributed by atoms with Gasteiger partial charge in [0, 0.05) is 23.7 Å². The molecule has 5 rings (SSSR count). The van der Waals surface area contributed by atoms with Crippen molar-refractivity contribution < 1.29 is 14.7 Å². The molecule has 2 aromatic heterocycles. The van der Waals surface area contributed by atoms with Crippen LogP contribution in [-0.2, 0) is 17.6 Å². The van der Waals surface area contributed by atoms with Gasteiger partial charge in [0.25, 0.3) is 5.91 Å². The van der Waals surface area contributed by atoms with Gasteiger partial charge >= 0.3 is 5.97 Å². The zero-order valence-corrected chi connectivity index (χ0v) is 20.0. The Morgan fingerprint density at radius 3 is 2.67 bits per heavy atom. The van der Waals surface area contributed by atoms with E-state index in [0.717, 1.165) is 41.9 Å². The highest BCUT2D eigenvalue weighted by Crippen LogP contribution is 2.29. The number of carbonyl (C=O) groups excluding carboxylic acids is 1. The lowest BCUT2D eigenvalue weighted by molar-refractivity contribution is -0.137. The SMILES string of the molecule is O=C(O)CCCCc1nc2cc(C(=O)NC3CCCc4cccnc43)ccc2nc1-c1ccccc1. The minimum Gasteiger partial charge on any atom is -0.481 e. The number of nitrogens with one attached hydrogen (secondary N) is 1. The summed E-state index contributed by atoms with van der Waals surface area (Å²) in [5.41, 5.74) is 6.60. The number of carbonyl (C=O) groups is 2. The molecule has 1 aliphatic carbocycles. The van der Waals surface area contributed by atoms with Gasteiger partial charge < -0.3 is 10.4 Å². The molecule has 0 saturated carbocycles. The average molecular weight is 481 g/mol. The van der Waals surface area contributed by atoms with E-state index in [-0.39, 0.29) is 18.4 Å². The first-order valence-electron chi connectivity index (χ1n) is 12.4. The quantitative estimate of drug-likeness (QED) is 0.332. The van der Waals surface area contributed by atoms with Gasteiger partial charge in [-0.25, -0.2) is 9.97 Å². The maximum absolute atomic E-state index is 13.2. The summed E-state index contributed by atoms with van der Waals surface area (Å²) in [6.07, 6.45) is 6.65. The summed E-state index contributed by atoms with van der Waals surface area (Å²) >= 11 is 0. The summed E-state index contributed by atoms with van der Waals surface area (Å²) in [4.78, 5) is 38.4. The lowest BCUT2D eigenvalue weighted by Gasteiger charge is -2.25. The van der Waals surface area contributed by atoms with Gasteiger partial charge in [0.15, 0.2) is 0 Å². The first-order chi connectivity index (χ1) is 17.6. The summed E-state index contributed by atoms with van der Waals surface area (Å²) < 4.78 is 0. The number of unbranched alkanes of at least 4 members (excludes halogenated alkanes) is 1. The van der Waals surface area contributed by atoms with Crippen molar-refractivity contribution in [2.45, 2.75) is 51.0 Å². The number of aromatic nitrogens is 3. The fraction of sp³-hybridized carbons (Fsp3) is 0.276. The molecule has 1 unspecified atom stereocenters. The van der Waals surface area contributed by atoms with Crippen molar-refractivity contribution in [2.75, 3.05) is 0 Å². The zero-order chi connectivity index (χ0) is 24.9. The Balaban J connectivity index is 1.42. The molecule has 4 aromatic rings. The lowest BCUT2D eigenvalue weighted by atomic mass is 9.91. The third-order valence-electron chi connectivity index (χ3n) is 6.60. The highest BCUT2D eigenvalue weighted by atomic mass is 16.4. The fourth-order valence-electron chi connectivity index (χ4n) is 4.79. The molecular formula is C29H28N4O3. The van der Waals surface area contributed by atoms with Gasteiger partial charge in [-0.3, -0.25) is 14.6 Å². The Labute approximate surface area is 209 Å². The van der Waals surface area contributed by atoms with Gasteiger partial charge in [-0.2, -0.15) is 0 Å². The predicted molar refractivity (Wildman–Crippen MR) is 138 cm³/mol. The van der Waals surface area contributed by atoms with Gasteiger partial charge in [0.2, 0.25) is 0 Å². The van der Waals surface area contributed by atoms with Crippen LogP contribution in [0.3, 0.4) is 0 Å². The number of amides is 1. The fourth-order valence-corrected chi connectivity index (χ4v) is 4.79. The summed E-state index contributed by atoms with van der Waals surface area (Å²) in [6.45, 7) is 0. The van der Waals surface area contributed by atoms with Crippen molar-refractivity contribution >= 4 is 22.9 Å². The maximum atomic E-state index is 13.2. The number of nitrogens with zero attached hydrogens (tertiary/aromatic N) is 3. The van der Waals surface area contributed by atoms with E-state index in [1.807, 2.05) is 42.5 Å². The van der Waals surface area contributed by atoms with Crippen molar-refractivity contribution in [1.29, 1.82) is 0 Å². The molecular weight excluding hydrogens is 452 g/mol. The number of hydrogen-bond acceptors (Lipinski definition) is 5. The van der Waals surface area contributed by atoms with Crippen molar-refractivity contribution in [1.82, 2.24) is 20.3 Å². The van der Waals surface area contributed by atoms with Crippen molar-refractivity contribution in [3.8, 4) is 11.3 Å². The van der Waals surface area contributed by atoms with Crippen LogP contribution in [0.4, 0.5) is 0 Å². The number of aryl methyl sites for hydroxylation is 2. The molecule has 182 valence electrons. The van der Waals surface area contributed by atoms with Crippen LogP contribution in [0.1, 0.15) is 65.5 Å². The van der Waals surface area contributed by atoms with E-state index in [1.165, 1.54) is 5.56 Å². The molecule has 0 spiro atoms. The second-order valence-electron chi connectivity index (χ2n) is 9.16. The minimum atomic E-state index is -0.797. The monoisotopic (exact) mass is 480 g/mol. The number of aliphatic carboxylic acids is 1. The molecule has 0 aliphatic heterocycles. The summed E-state index contributed by atoms with van der Waals surface area (Å²) in [5.74, 6) is -0.952. The van der Waals surface area contributed by atoms with Crippen LogP contribution in [0.15, 0.2) is 66.9 Å². The largest absolute Gasteiger partial charge is 0.481 e. The van der Waals surface area contributed by atoms with Crippen LogP contribution in [0.2, 0.25) is 0 Å². The van der Waals surface area contributed by atoms with Gasteiger partial charge in [0.1, 0.15) is 0 Å². The predicted octanol–water partition coefficient (Wildman–Crippen LogP) is 5.30. The molecule has 0 bridgehead atoms. The number of pyridine rings is 1. The minimum absolute atomic E-state index is 0.102. The Bertz CT molecular complexity index is 1400. The van der Waals surface area contributed by atoms with Crippen LogP contribution in [0.5, 0.6) is 0 Å². The van der Waals surface area contributed by atoms with Crippen LogP contribution in [-0.4, -0.2) is 31.9 Å². The van der Waals surface area contributed by atoms with E-state index >= 15 is 0 Å². The van der Waals surface area contributed by atoms with Crippen molar-refractivity contribution in [3.63, 3.8) is 0 Å². The molecule has 7 nitrogen and oxygen atoms in total. The molecule has 0 saturated heterocycles. The third kappa shape index (κ3) is 5.25. The second-order valence-corrected chi connectivity index (χ2v) is 9.16. The van der Waals surface area contributed by atoms with E-state index in [4.69, 9.17) is 15.1 Å². The second kappa shape index (κ2) is 10.6. The first kappa shape index (κ1) is 23.6. The normalized spacial score (nSPS) is 14.8. The third-order valence-corrected chi connectivity index (χ3v) is 6.60. The average Bonchev–Trinajstić information content (AvgIpc) is 2.91. The Morgan fingerprint density at radius 2 is 1.83 bits per heavy atom. The Hall–Kier alpha value is -4.13. The molecule has 1 atom stereocenters. The van der Waals surface area contributed by atoms with E-state index in [9.17, 15) is 9.59 Å². The van der Waals surface area contributed by atoms with Crippen LogP contribution in [0, 0.1) is 0 Å². The maximum Gasteiger partial charge on any atom is 0.303 e. The molecule has 0 radical (unpaired) electrons. The molecule has 0 fully saturated rings. The van der Waals surface area contributed by atoms with Crippen LogP contribution in [0.25, 0.3) is 22.3 Å². The smallest absolute Gasteiger partial charge is 0.303 e. The van der Waals surface area contributed by atoms with Gasteiger partial charge in [-0.1, -0.05) is 36.4 Å².